The second-order valence-electron chi connectivity index (χ2n) is 8.48. The van der Waals surface area contributed by atoms with E-state index in [-0.39, 0.29) is 47.9 Å². The molecule has 0 bridgehead atoms. The number of rotatable bonds is 4. The number of phenols is 1. The van der Waals surface area contributed by atoms with E-state index in [1.54, 1.807) is 6.08 Å². The van der Waals surface area contributed by atoms with E-state index in [1.807, 2.05) is 23.1 Å². The van der Waals surface area contributed by atoms with Crippen LogP contribution in [0.1, 0.15) is 67.8 Å². The van der Waals surface area contributed by atoms with Crippen molar-refractivity contribution in [3.8, 4) is 5.75 Å². The molecule has 1 atom stereocenters. The molecule has 1 aromatic carbocycles. The zero-order valence-corrected chi connectivity index (χ0v) is 20.4. The quantitative estimate of drug-likeness (QED) is 0.357. The van der Waals surface area contributed by atoms with E-state index >= 15 is 0 Å². The Balaban J connectivity index is 1.81. The lowest BCUT2D eigenvalue weighted by molar-refractivity contribution is -0.139. The summed E-state index contributed by atoms with van der Waals surface area (Å²) in [5.74, 6) is -0.726. The summed E-state index contributed by atoms with van der Waals surface area (Å²) in [4.78, 5) is 32.7. The Morgan fingerprint density at radius 1 is 1.24 bits per heavy atom. The molecule has 1 amide bonds. The zero-order valence-electron chi connectivity index (χ0n) is 19.7. The van der Waals surface area contributed by atoms with E-state index in [1.165, 1.54) is 12.1 Å². The van der Waals surface area contributed by atoms with Crippen LogP contribution in [0.3, 0.4) is 0 Å². The average molecular weight is 489 g/mol. The largest absolute Gasteiger partial charge is 0.506 e. The number of halogens is 1. The summed E-state index contributed by atoms with van der Waals surface area (Å²) in [5, 5.41) is 14.4. The number of hydrogen-bond acceptors (Lipinski definition) is 6. The highest BCUT2D eigenvalue weighted by Gasteiger charge is 2.25. The predicted octanol–water partition coefficient (Wildman–Crippen LogP) is 5.20. The van der Waals surface area contributed by atoms with Gasteiger partial charge in [-0.15, -0.1) is 0 Å². The van der Waals surface area contributed by atoms with Gasteiger partial charge in [-0.3, -0.25) is 4.79 Å². The number of oxime groups is 1. The summed E-state index contributed by atoms with van der Waals surface area (Å²) in [6, 6.07) is 3.11. The van der Waals surface area contributed by atoms with Crippen molar-refractivity contribution in [1.82, 2.24) is 4.90 Å². The van der Waals surface area contributed by atoms with Crippen molar-refractivity contribution in [3.05, 3.63) is 52.6 Å². The van der Waals surface area contributed by atoms with Crippen molar-refractivity contribution < 1.29 is 24.3 Å². The number of phenolic OH excluding ortho intramolecular Hbond substituents is 1. The van der Waals surface area contributed by atoms with Gasteiger partial charge < -0.3 is 19.6 Å². The van der Waals surface area contributed by atoms with Gasteiger partial charge in [0.05, 0.1) is 22.9 Å². The van der Waals surface area contributed by atoms with Gasteiger partial charge in [0, 0.05) is 19.0 Å². The van der Waals surface area contributed by atoms with E-state index in [0.717, 1.165) is 45.1 Å². The van der Waals surface area contributed by atoms with E-state index in [0.29, 0.717) is 17.7 Å². The Bertz CT molecular complexity index is 957. The summed E-state index contributed by atoms with van der Waals surface area (Å²) >= 11 is 6.36. The smallest absolute Gasteiger partial charge is 0.338 e. The predicted molar refractivity (Wildman–Crippen MR) is 132 cm³/mol. The molecule has 184 valence electrons. The number of allylic oxidation sites excluding steroid dienone is 3. The number of ether oxygens (including phenoxy) is 1. The third kappa shape index (κ3) is 7.10. The number of fused-ring (bicyclic) bond motifs is 1. The highest BCUT2D eigenvalue weighted by Crippen LogP contribution is 2.31. The molecule has 1 fully saturated rings. The summed E-state index contributed by atoms with van der Waals surface area (Å²) in [5.41, 5.74) is 1.15. The Hall–Kier alpha value is -2.80. The third-order valence-corrected chi connectivity index (χ3v) is 6.51. The minimum absolute atomic E-state index is 0.0673. The molecule has 1 unspecified atom stereocenters. The van der Waals surface area contributed by atoms with Crippen LogP contribution in [0, 0.1) is 0 Å². The monoisotopic (exact) mass is 488 g/mol. The number of nitrogens with zero attached hydrogens (tertiary/aromatic N) is 2. The fourth-order valence-electron chi connectivity index (χ4n) is 4.23. The lowest BCUT2D eigenvalue weighted by atomic mass is 10.00. The van der Waals surface area contributed by atoms with E-state index in [9.17, 15) is 14.7 Å². The maximum Gasteiger partial charge on any atom is 0.338 e. The minimum Gasteiger partial charge on any atom is -0.506 e. The molecule has 0 aliphatic carbocycles. The van der Waals surface area contributed by atoms with Crippen molar-refractivity contribution in [2.75, 3.05) is 19.8 Å². The first-order valence-electron chi connectivity index (χ1n) is 12.0. The van der Waals surface area contributed by atoms with E-state index < -0.39 is 5.97 Å². The number of hydrogen-bond donors (Lipinski definition) is 1. The fraction of sp³-hybridized carbons (Fsp3) is 0.500. The van der Waals surface area contributed by atoms with Crippen LogP contribution in [-0.4, -0.2) is 53.4 Å². The molecule has 0 spiro atoms. The summed E-state index contributed by atoms with van der Waals surface area (Å²) < 4.78 is 5.37. The molecular formula is C26H33ClN2O5. The summed E-state index contributed by atoms with van der Waals surface area (Å²) in [6.45, 7) is 2.94. The molecule has 7 nitrogen and oxygen atoms in total. The molecule has 2 heterocycles. The van der Waals surface area contributed by atoms with E-state index in [4.69, 9.17) is 21.2 Å². The van der Waals surface area contributed by atoms with Crippen molar-refractivity contribution >= 4 is 29.2 Å². The number of piperidine rings is 1. The van der Waals surface area contributed by atoms with Crippen molar-refractivity contribution in [3.63, 3.8) is 0 Å². The topological polar surface area (TPSA) is 88.4 Å². The van der Waals surface area contributed by atoms with Crippen molar-refractivity contribution in [2.45, 2.75) is 64.3 Å². The average Bonchev–Trinajstić information content (AvgIpc) is 2.84. The van der Waals surface area contributed by atoms with Crippen LogP contribution in [0.5, 0.6) is 5.75 Å². The molecule has 0 radical (unpaired) electrons. The summed E-state index contributed by atoms with van der Waals surface area (Å²) in [7, 11) is 0. The number of carbonyl (C=O) groups is 2. The number of benzene rings is 1. The molecule has 2 aliphatic rings. The Morgan fingerprint density at radius 2 is 2.03 bits per heavy atom. The van der Waals surface area contributed by atoms with Gasteiger partial charge >= 0.3 is 5.97 Å². The minimum atomic E-state index is -0.516. The highest BCUT2D eigenvalue weighted by atomic mass is 35.5. The molecule has 2 aliphatic heterocycles. The van der Waals surface area contributed by atoms with Gasteiger partial charge in [-0.2, -0.15) is 0 Å². The van der Waals surface area contributed by atoms with Gasteiger partial charge in [0.25, 0.3) is 5.91 Å². The lowest BCUT2D eigenvalue weighted by Gasteiger charge is -2.34. The number of amides is 1. The third-order valence-electron chi connectivity index (χ3n) is 6.08. The van der Waals surface area contributed by atoms with Crippen LogP contribution in [0.4, 0.5) is 0 Å². The number of carbonyl (C=O) groups excluding carboxylic acids is 2. The first-order valence-corrected chi connectivity index (χ1v) is 12.4. The maximum atomic E-state index is 12.7. The van der Waals surface area contributed by atoms with Crippen LogP contribution >= 0.6 is 11.6 Å². The first-order chi connectivity index (χ1) is 16.5. The van der Waals surface area contributed by atoms with Gasteiger partial charge in [-0.1, -0.05) is 41.9 Å². The van der Waals surface area contributed by atoms with Gasteiger partial charge in [0.2, 0.25) is 0 Å². The normalized spacial score (nSPS) is 22.9. The number of likely N-dealkylation sites (tertiary alicyclic amines) is 1. The lowest BCUT2D eigenvalue weighted by Crippen LogP contribution is -2.44. The molecule has 34 heavy (non-hydrogen) atoms. The molecule has 0 saturated carbocycles. The molecular weight excluding hydrogens is 456 g/mol. The summed E-state index contributed by atoms with van der Waals surface area (Å²) in [6.07, 6.45) is 14.3. The number of esters is 1. The van der Waals surface area contributed by atoms with Gasteiger partial charge in [0.15, 0.2) is 6.61 Å². The van der Waals surface area contributed by atoms with Crippen LogP contribution in [0.2, 0.25) is 5.02 Å². The Morgan fingerprint density at radius 3 is 2.85 bits per heavy atom. The second-order valence-corrected chi connectivity index (χ2v) is 8.86. The maximum absolute atomic E-state index is 12.7. The van der Waals surface area contributed by atoms with Gasteiger partial charge in [-0.05, 0) is 68.7 Å². The van der Waals surface area contributed by atoms with Crippen LogP contribution in [-0.2, 0) is 20.8 Å². The van der Waals surface area contributed by atoms with Crippen molar-refractivity contribution in [1.29, 1.82) is 0 Å². The second kappa shape index (κ2) is 13.2. The van der Waals surface area contributed by atoms with Crippen LogP contribution in [0.15, 0.2) is 41.6 Å². The van der Waals surface area contributed by atoms with Crippen LogP contribution < -0.4 is 0 Å². The molecule has 0 aromatic heterocycles. The molecule has 1 aromatic rings. The number of aromatic hydroxyl groups is 1. The standard InChI is InChI=1S/C26H33ClN2O5/c1-2-20-12-8-9-15-29(20)24(31)18-34-28-19-11-7-5-3-4-6-10-16-33-26(32)21-13-14-23(30)25(27)22(21)17-19/h4,6-7,11,13-14,20,30H,2-3,5,8-10,12,15-18H2,1H3/b6-4+,11-7+,28-19+. The SMILES string of the molecule is CCC1CCCCN1C(=O)CO/N=C1\C=C\CC/C=C/CCOC(=O)c2ccc(O)c(Cl)c2C1. The molecule has 1 saturated heterocycles. The zero-order chi connectivity index (χ0) is 24.3. The number of cyclic esters (lactones) is 1. The van der Waals surface area contributed by atoms with Crippen LogP contribution in [0.25, 0.3) is 0 Å². The molecule has 1 N–H and O–H groups in total. The Kier molecular flexibility index (Phi) is 10.0. The fourth-order valence-corrected chi connectivity index (χ4v) is 4.46. The van der Waals surface area contributed by atoms with E-state index in [2.05, 4.69) is 12.1 Å². The van der Waals surface area contributed by atoms with Gasteiger partial charge in [-0.25, -0.2) is 4.79 Å². The molecule has 3 rings (SSSR count). The highest BCUT2D eigenvalue weighted by molar-refractivity contribution is 6.33. The Labute approximate surface area is 206 Å². The van der Waals surface area contributed by atoms with Crippen molar-refractivity contribution in [2.24, 2.45) is 5.16 Å². The van der Waals surface area contributed by atoms with Gasteiger partial charge in [0.1, 0.15) is 5.75 Å². The molecule has 8 heteroatoms. The first kappa shape index (κ1) is 25.8.